The minimum absolute atomic E-state index is 0.127. The summed E-state index contributed by atoms with van der Waals surface area (Å²) in [7, 11) is 1.45. The quantitative estimate of drug-likeness (QED) is 0.627. The lowest BCUT2D eigenvalue weighted by molar-refractivity contribution is -0.136. The fraction of sp³-hybridized carbons (Fsp3) is 0.111. The van der Waals surface area contributed by atoms with E-state index in [-0.39, 0.29) is 12.1 Å². The fourth-order valence-corrected chi connectivity index (χ4v) is 2.42. The van der Waals surface area contributed by atoms with Crippen molar-refractivity contribution in [3.05, 3.63) is 59.9 Å². The van der Waals surface area contributed by atoms with Crippen molar-refractivity contribution in [2.45, 2.75) is 6.42 Å². The van der Waals surface area contributed by atoms with Crippen molar-refractivity contribution in [1.82, 2.24) is 15.2 Å². The third-order valence-electron chi connectivity index (χ3n) is 3.63. The van der Waals surface area contributed by atoms with E-state index in [0.717, 1.165) is 0 Å². The summed E-state index contributed by atoms with van der Waals surface area (Å²) in [5.74, 6) is -0.971. The van der Waals surface area contributed by atoms with Crippen LogP contribution in [-0.4, -0.2) is 39.3 Å². The number of anilines is 1. The van der Waals surface area contributed by atoms with Crippen molar-refractivity contribution in [2.75, 3.05) is 12.4 Å². The van der Waals surface area contributed by atoms with Gasteiger partial charge in [0.25, 0.3) is 5.91 Å². The molecule has 2 aromatic heterocycles. The lowest BCUT2D eigenvalue weighted by atomic mass is 10.1. The van der Waals surface area contributed by atoms with Gasteiger partial charge in [-0.15, -0.1) is 0 Å². The number of H-pyrrole nitrogens is 1. The van der Waals surface area contributed by atoms with Crippen LogP contribution in [0.25, 0.3) is 11.4 Å². The van der Waals surface area contributed by atoms with E-state index in [9.17, 15) is 9.59 Å². The molecule has 1 aromatic carbocycles. The maximum absolute atomic E-state index is 12.5. The van der Waals surface area contributed by atoms with E-state index in [1.807, 2.05) is 0 Å². The number of hydrogen-bond acceptors (Lipinski definition) is 5. The average Bonchev–Trinajstić information content (AvgIpc) is 3.17. The zero-order chi connectivity index (χ0) is 18.5. The van der Waals surface area contributed by atoms with Gasteiger partial charge in [0.1, 0.15) is 11.4 Å². The van der Waals surface area contributed by atoms with Crippen LogP contribution in [0.15, 0.2) is 48.7 Å². The number of nitrogens with zero attached hydrogens (tertiary/aromatic N) is 2. The summed E-state index contributed by atoms with van der Waals surface area (Å²) in [6, 6.07) is 11.7. The molecular formula is C18H16N4O4. The Kier molecular flexibility index (Phi) is 4.93. The number of aromatic amines is 1. The van der Waals surface area contributed by atoms with Crippen molar-refractivity contribution in [2.24, 2.45) is 0 Å². The number of rotatable bonds is 6. The Morgan fingerprint density at radius 1 is 1.23 bits per heavy atom. The van der Waals surface area contributed by atoms with Gasteiger partial charge in [0.05, 0.1) is 30.6 Å². The number of ether oxygens (including phenoxy) is 1. The monoisotopic (exact) mass is 352 g/mol. The summed E-state index contributed by atoms with van der Waals surface area (Å²) in [4.78, 5) is 27.7. The lowest BCUT2D eigenvalue weighted by Gasteiger charge is -2.11. The van der Waals surface area contributed by atoms with Crippen molar-refractivity contribution in [1.29, 1.82) is 0 Å². The number of carboxylic acids is 1. The zero-order valence-electron chi connectivity index (χ0n) is 13.9. The number of carbonyl (C=O) groups excluding carboxylic acids is 1. The van der Waals surface area contributed by atoms with Crippen LogP contribution in [0.4, 0.5) is 5.69 Å². The molecule has 0 saturated carbocycles. The standard InChI is InChI=1S/C18H16N4O4/c1-26-16-9-11(10-17(23)24)5-6-14(16)21-18(25)15-4-2-3-12(20-15)13-7-8-19-22-13/h2-9H,10H2,1H3,(H,19,22)(H,21,25)(H,23,24). The number of aromatic nitrogens is 3. The Morgan fingerprint density at radius 3 is 2.77 bits per heavy atom. The molecule has 132 valence electrons. The predicted molar refractivity (Wildman–Crippen MR) is 94.1 cm³/mol. The number of nitrogens with one attached hydrogen (secondary N) is 2. The molecule has 0 aliphatic carbocycles. The van der Waals surface area contributed by atoms with Crippen LogP contribution in [0.1, 0.15) is 16.1 Å². The van der Waals surface area contributed by atoms with Gasteiger partial charge in [0.15, 0.2) is 0 Å². The van der Waals surface area contributed by atoms with Gasteiger partial charge in [-0.2, -0.15) is 5.10 Å². The number of carbonyl (C=O) groups is 2. The molecular weight excluding hydrogens is 336 g/mol. The van der Waals surface area contributed by atoms with Crippen LogP contribution in [0.3, 0.4) is 0 Å². The minimum atomic E-state index is -0.941. The summed E-state index contributed by atoms with van der Waals surface area (Å²) >= 11 is 0. The molecule has 0 atom stereocenters. The second kappa shape index (κ2) is 7.47. The number of benzene rings is 1. The Bertz CT molecular complexity index is 938. The summed E-state index contributed by atoms with van der Waals surface area (Å²) in [6.07, 6.45) is 1.48. The Hall–Kier alpha value is -3.68. The summed E-state index contributed by atoms with van der Waals surface area (Å²) in [5.41, 5.74) is 2.54. The van der Waals surface area contributed by atoms with E-state index in [4.69, 9.17) is 9.84 Å². The van der Waals surface area contributed by atoms with Gasteiger partial charge in [-0.3, -0.25) is 14.7 Å². The Balaban J connectivity index is 1.82. The molecule has 0 spiro atoms. The van der Waals surface area contributed by atoms with Crippen molar-refractivity contribution < 1.29 is 19.4 Å². The molecule has 8 heteroatoms. The predicted octanol–water partition coefficient (Wildman–Crippen LogP) is 2.36. The highest BCUT2D eigenvalue weighted by atomic mass is 16.5. The van der Waals surface area contributed by atoms with Crippen molar-refractivity contribution in [3.8, 4) is 17.1 Å². The van der Waals surface area contributed by atoms with Crippen LogP contribution in [0, 0.1) is 0 Å². The molecule has 0 bridgehead atoms. The van der Waals surface area contributed by atoms with Crippen LogP contribution >= 0.6 is 0 Å². The molecule has 1 amide bonds. The first-order valence-electron chi connectivity index (χ1n) is 7.73. The molecule has 3 rings (SSSR count). The SMILES string of the molecule is COc1cc(CC(=O)O)ccc1NC(=O)c1cccc(-c2ccn[nH]2)n1. The number of pyridine rings is 1. The lowest BCUT2D eigenvalue weighted by Crippen LogP contribution is -2.14. The smallest absolute Gasteiger partial charge is 0.307 e. The normalized spacial score (nSPS) is 10.3. The average molecular weight is 352 g/mol. The Labute approximate surface area is 148 Å². The molecule has 0 radical (unpaired) electrons. The molecule has 0 unspecified atom stereocenters. The second-order valence-electron chi connectivity index (χ2n) is 5.44. The molecule has 0 aliphatic rings. The number of amides is 1. The van der Waals surface area contributed by atoms with E-state index in [1.165, 1.54) is 7.11 Å². The summed E-state index contributed by atoms with van der Waals surface area (Å²) in [5, 5.41) is 18.3. The van der Waals surface area contributed by atoms with Crippen LogP contribution in [-0.2, 0) is 11.2 Å². The molecule has 0 saturated heterocycles. The number of methoxy groups -OCH3 is 1. The summed E-state index contributed by atoms with van der Waals surface area (Å²) in [6.45, 7) is 0. The zero-order valence-corrected chi connectivity index (χ0v) is 13.9. The molecule has 2 heterocycles. The van der Waals surface area contributed by atoms with Gasteiger partial charge >= 0.3 is 5.97 Å². The van der Waals surface area contributed by atoms with Crippen molar-refractivity contribution >= 4 is 17.6 Å². The molecule has 0 fully saturated rings. The highest BCUT2D eigenvalue weighted by molar-refractivity contribution is 6.04. The molecule has 3 N–H and O–H groups in total. The van der Waals surface area contributed by atoms with Crippen molar-refractivity contribution in [3.63, 3.8) is 0 Å². The largest absolute Gasteiger partial charge is 0.495 e. The van der Waals surface area contributed by atoms with Crippen LogP contribution in [0.2, 0.25) is 0 Å². The van der Waals surface area contributed by atoms with Gasteiger partial charge in [0.2, 0.25) is 0 Å². The molecule has 0 aliphatic heterocycles. The third-order valence-corrected chi connectivity index (χ3v) is 3.63. The maximum Gasteiger partial charge on any atom is 0.307 e. The first kappa shape index (κ1) is 17.2. The molecule has 3 aromatic rings. The fourth-order valence-electron chi connectivity index (χ4n) is 2.42. The van der Waals surface area contributed by atoms with E-state index in [0.29, 0.717) is 28.4 Å². The Morgan fingerprint density at radius 2 is 2.08 bits per heavy atom. The third kappa shape index (κ3) is 3.86. The second-order valence-corrected chi connectivity index (χ2v) is 5.44. The maximum atomic E-state index is 12.5. The molecule has 8 nitrogen and oxygen atoms in total. The number of aliphatic carboxylic acids is 1. The van der Waals surface area contributed by atoms with Gasteiger partial charge < -0.3 is 15.2 Å². The van der Waals surface area contributed by atoms with Gasteiger partial charge in [0, 0.05) is 6.20 Å². The highest BCUT2D eigenvalue weighted by Crippen LogP contribution is 2.26. The minimum Gasteiger partial charge on any atom is -0.495 e. The van der Waals surface area contributed by atoms with Crippen LogP contribution < -0.4 is 10.1 Å². The highest BCUT2D eigenvalue weighted by Gasteiger charge is 2.13. The number of carboxylic acid groups (broad SMARTS) is 1. The molecule has 26 heavy (non-hydrogen) atoms. The van der Waals surface area contributed by atoms with E-state index in [2.05, 4.69) is 20.5 Å². The van der Waals surface area contributed by atoms with E-state index < -0.39 is 11.9 Å². The number of hydrogen-bond donors (Lipinski definition) is 3. The van der Waals surface area contributed by atoms with Gasteiger partial charge in [-0.25, -0.2) is 4.98 Å². The van der Waals surface area contributed by atoms with Crippen LogP contribution in [0.5, 0.6) is 5.75 Å². The summed E-state index contributed by atoms with van der Waals surface area (Å²) < 4.78 is 5.25. The van der Waals surface area contributed by atoms with E-state index in [1.54, 1.807) is 48.7 Å². The topological polar surface area (TPSA) is 117 Å². The first-order chi connectivity index (χ1) is 12.6. The van der Waals surface area contributed by atoms with Gasteiger partial charge in [-0.05, 0) is 35.9 Å². The van der Waals surface area contributed by atoms with Gasteiger partial charge in [-0.1, -0.05) is 12.1 Å². The van der Waals surface area contributed by atoms with E-state index >= 15 is 0 Å². The first-order valence-corrected chi connectivity index (χ1v) is 7.73.